The predicted octanol–water partition coefficient (Wildman–Crippen LogP) is 1.66. The van der Waals surface area contributed by atoms with Gasteiger partial charge < -0.3 is 16.2 Å². The lowest BCUT2D eigenvalue weighted by atomic mass is 9.60. The molecule has 0 heterocycles. The van der Waals surface area contributed by atoms with Gasteiger partial charge in [-0.15, -0.1) is 0 Å². The largest absolute Gasteiger partial charge is 0.396 e. The zero-order chi connectivity index (χ0) is 14.5. The molecular formula is C15H30N2O2. The maximum atomic E-state index is 12.0. The van der Waals surface area contributed by atoms with Gasteiger partial charge in [-0.05, 0) is 36.5 Å². The molecule has 3 atom stereocenters. The van der Waals surface area contributed by atoms with Crippen molar-refractivity contribution >= 4 is 5.91 Å². The number of amides is 1. The van der Waals surface area contributed by atoms with Crippen molar-refractivity contribution in [3.8, 4) is 0 Å². The molecule has 4 N–H and O–H groups in total. The molecule has 0 radical (unpaired) electrons. The molecule has 3 unspecified atom stereocenters. The van der Waals surface area contributed by atoms with Crippen molar-refractivity contribution in [1.29, 1.82) is 0 Å². The topological polar surface area (TPSA) is 75.4 Å². The van der Waals surface area contributed by atoms with E-state index < -0.39 is 6.04 Å². The van der Waals surface area contributed by atoms with Crippen molar-refractivity contribution in [2.45, 2.75) is 58.9 Å². The van der Waals surface area contributed by atoms with Crippen LogP contribution in [-0.2, 0) is 4.79 Å². The minimum absolute atomic E-state index is 0.0307. The highest BCUT2D eigenvalue weighted by atomic mass is 16.3. The SMILES string of the molecule is CCC(C)C(N)C(=O)NCC1(C(C)CCO)CCC1. The summed E-state index contributed by atoms with van der Waals surface area (Å²) in [6.07, 6.45) is 5.25. The van der Waals surface area contributed by atoms with E-state index in [1.165, 1.54) is 6.42 Å². The van der Waals surface area contributed by atoms with Crippen LogP contribution in [0.2, 0.25) is 0 Å². The third-order valence-electron chi connectivity index (χ3n) is 5.13. The van der Waals surface area contributed by atoms with E-state index in [0.29, 0.717) is 12.5 Å². The molecule has 0 aromatic heterocycles. The predicted molar refractivity (Wildman–Crippen MR) is 77.6 cm³/mol. The number of nitrogens with two attached hydrogens (primary N) is 1. The highest BCUT2D eigenvalue weighted by molar-refractivity contribution is 5.81. The number of carbonyl (C=O) groups excluding carboxylic acids is 1. The number of carbonyl (C=O) groups is 1. The Labute approximate surface area is 117 Å². The number of aliphatic hydroxyl groups is 1. The molecule has 1 rings (SSSR count). The number of aliphatic hydroxyl groups excluding tert-OH is 1. The zero-order valence-electron chi connectivity index (χ0n) is 12.6. The van der Waals surface area contributed by atoms with Crippen molar-refractivity contribution in [2.24, 2.45) is 23.0 Å². The average molecular weight is 270 g/mol. The quantitative estimate of drug-likeness (QED) is 0.628. The van der Waals surface area contributed by atoms with E-state index >= 15 is 0 Å². The van der Waals surface area contributed by atoms with Crippen LogP contribution >= 0.6 is 0 Å². The summed E-state index contributed by atoms with van der Waals surface area (Å²) in [7, 11) is 0. The Kier molecular flexibility index (Phi) is 6.27. The molecule has 1 aliphatic carbocycles. The summed E-state index contributed by atoms with van der Waals surface area (Å²) in [5, 5.41) is 12.1. The van der Waals surface area contributed by atoms with Crippen LogP contribution in [0, 0.1) is 17.3 Å². The monoisotopic (exact) mass is 270 g/mol. The van der Waals surface area contributed by atoms with Crippen molar-refractivity contribution in [3.63, 3.8) is 0 Å². The van der Waals surface area contributed by atoms with E-state index in [0.717, 1.165) is 25.7 Å². The minimum Gasteiger partial charge on any atom is -0.396 e. The number of rotatable bonds is 8. The second-order valence-electron chi connectivity index (χ2n) is 6.26. The Balaban J connectivity index is 2.47. The van der Waals surface area contributed by atoms with Crippen LogP contribution in [-0.4, -0.2) is 30.2 Å². The van der Waals surface area contributed by atoms with E-state index in [2.05, 4.69) is 19.2 Å². The van der Waals surface area contributed by atoms with Crippen molar-refractivity contribution in [3.05, 3.63) is 0 Å². The van der Waals surface area contributed by atoms with Gasteiger partial charge in [0.2, 0.25) is 5.91 Å². The minimum atomic E-state index is -0.407. The highest BCUT2D eigenvalue weighted by Crippen LogP contribution is 2.47. The fraction of sp³-hybridized carbons (Fsp3) is 0.933. The fourth-order valence-electron chi connectivity index (χ4n) is 2.87. The molecule has 1 aliphatic rings. The maximum absolute atomic E-state index is 12.0. The Morgan fingerprint density at radius 1 is 1.42 bits per heavy atom. The maximum Gasteiger partial charge on any atom is 0.237 e. The molecule has 4 nitrogen and oxygen atoms in total. The Morgan fingerprint density at radius 3 is 2.47 bits per heavy atom. The van der Waals surface area contributed by atoms with Gasteiger partial charge >= 0.3 is 0 Å². The Bertz CT molecular complexity index is 290. The summed E-state index contributed by atoms with van der Waals surface area (Å²) in [6.45, 7) is 7.17. The molecule has 0 aromatic rings. The second kappa shape index (κ2) is 7.25. The van der Waals surface area contributed by atoms with Crippen molar-refractivity contribution in [1.82, 2.24) is 5.32 Å². The molecule has 1 amide bonds. The van der Waals surface area contributed by atoms with E-state index in [1.54, 1.807) is 0 Å². The standard InChI is InChI=1S/C15H30N2O2/c1-4-11(2)13(16)14(19)17-10-15(7-5-8-15)12(3)6-9-18/h11-13,18H,4-10,16H2,1-3H3,(H,17,19). The lowest BCUT2D eigenvalue weighted by Gasteiger charge is -2.47. The zero-order valence-corrected chi connectivity index (χ0v) is 12.6. The second-order valence-corrected chi connectivity index (χ2v) is 6.26. The van der Waals surface area contributed by atoms with E-state index in [4.69, 9.17) is 10.8 Å². The molecule has 112 valence electrons. The van der Waals surface area contributed by atoms with E-state index in [-0.39, 0.29) is 23.8 Å². The van der Waals surface area contributed by atoms with Gasteiger partial charge in [-0.25, -0.2) is 0 Å². The van der Waals surface area contributed by atoms with E-state index in [1.807, 2.05) is 6.92 Å². The van der Waals surface area contributed by atoms with Crippen LogP contribution in [0.4, 0.5) is 0 Å². The Hall–Kier alpha value is -0.610. The summed E-state index contributed by atoms with van der Waals surface area (Å²) in [4.78, 5) is 12.0. The fourth-order valence-corrected chi connectivity index (χ4v) is 2.87. The summed E-state index contributed by atoms with van der Waals surface area (Å²) in [6, 6.07) is -0.407. The summed E-state index contributed by atoms with van der Waals surface area (Å²) >= 11 is 0. The van der Waals surface area contributed by atoms with Crippen LogP contribution in [0.25, 0.3) is 0 Å². The smallest absolute Gasteiger partial charge is 0.237 e. The van der Waals surface area contributed by atoms with Gasteiger partial charge in [-0.2, -0.15) is 0 Å². The lowest BCUT2D eigenvalue weighted by Crippen LogP contribution is -2.51. The third kappa shape index (κ3) is 3.93. The van der Waals surface area contributed by atoms with Gasteiger partial charge in [0.1, 0.15) is 0 Å². The Morgan fingerprint density at radius 2 is 2.05 bits per heavy atom. The van der Waals surface area contributed by atoms with Gasteiger partial charge in [-0.3, -0.25) is 4.79 Å². The van der Waals surface area contributed by atoms with Crippen molar-refractivity contribution in [2.75, 3.05) is 13.2 Å². The van der Waals surface area contributed by atoms with Crippen LogP contribution in [0.1, 0.15) is 52.9 Å². The number of hydrogen-bond acceptors (Lipinski definition) is 3. The summed E-state index contributed by atoms with van der Waals surface area (Å²) in [5.41, 5.74) is 6.13. The van der Waals surface area contributed by atoms with Crippen LogP contribution in [0.3, 0.4) is 0 Å². The van der Waals surface area contributed by atoms with Gasteiger partial charge in [0.05, 0.1) is 6.04 Å². The molecule has 0 aromatic carbocycles. The van der Waals surface area contributed by atoms with Gasteiger partial charge in [0.25, 0.3) is 0 Å². The highest BCUT2D eigenvalue weighted by Gasteiger charge is 2.41. The lowest BCUT2D eigenvalue weighted by molar-refractivity contribution is -0.124. The molecule has 0 aliphatic heterocycles. The first-order chi connectivity index (χ1) is 8.96. The first-order valence-corrected chi connectivity index (χ1v) is 7.61. The van der Waals surface area contributed by atoms with Gasteiger partial charge in [0, 0.05) is 13.2 Å². The molecule has 1 saturated carbocycles. The number of hydrogen-bond donors (Lipinski definition) is 3. The number of nitrogens with one attached hydrogen (secondary N) is 1. The first kappa shape index (κ1) is 16.4. The van der Waals surface area contributed by atoms with Crippen LogP contribution in [0.15, 0.2) is 0 Å². The summed E-state index contributed by atoms with van der Waals surface area (Å²) in [5.74, 6) is 0.635. The molecule has 1 fully saturated rings. The molecule has 0 bridgehead atoms. The average Bonchev–Trinajstić information content (AvgIpc) is 2.35. The molecule has 0 spiro atoms. The van der Waals surface area contributed by atoms with Gasteiger partial charge in [0.15, 0.2) is 0 Å². The van der Waals surface area contributed by atoms with Crippen molar-refractivity contribution < 1.29 is 9.90 Å². The molecule has 4 heteroatoms. The molecule has 19 heavy (non-hydrogen) atoms. The third-order valence-corrected chi connectivity index (χ3v) is 5.13. The van der Waals surface area contributed by atoms with Gasteiger partial charge in [-0.1, -0.05) is 33.6 Å². The van der Waals surface area contributed by atoms with Crippen LogP contribution < -0.4 is 11.1 Å². The van der Waals surface area contributed by atoms with E-state index in [9.17, 15) is 4.79 Å². The molecule has 0 saturated heterocycles. The molecular weight excluding hydrogens is 240 g/mol. The first-order valence-electron chi connectivity index (χ1n) is 7.61. The van der Waals surface area contributed by atoms with Crippen LogP contribution in [0.5, 0.6) is 0 Å². The normalized spacial score (nSPS) is 22.2. The summed E-state index contributed by atoms with van der Waals surface area (Å²) < 4.78 is 0.